The normalized spacial score (nSPS) is 28.8. The fraction of sp³-hybridized carbons (Fsp3) is 1.00. The van der Waals surface area contributed by atoms with E-state index < -0.39 is 0 Å². The summed E-state index contributed by atoms with van der Waals surface area (Å²) in [5, 5.41) is 3.72. The second kappa shape index (κ2) is 5.27. The molecule has 1 aliphatic heterocycles. The van der Waals surface area contributed by atoms with Crippen LogP contribution < -0.4 is 5.32 Å². The van der Waals surface area contributed by atoms with E-state index in [4.69, 9.17) is 4.74 Å². The molecule has 1 N–H and O–H groups in total. The highest BCUT2D eigenvalue weighted by Crippen LogP contribution is 2.40. The Kier molecular flexibility index (Phi) is 4.14. The maximum absolute atomic E-state index is 6.18. The highest BCUT2D eigenvalue weighted by atomic mass is 16.5. The average molecular weight is 239 g/mol. The lowest BCUT2D eigenvalue weighted by Gasteiger charge is -2.43. The summed E-state index contributed by atoms with van der Waals surface area (Å²) >= 11 is 0. The first-order valence-corrected chi connectivity index (χ1v) is 7.45. The van der Waals surface area contributed by atoms with E-state index in [2.05, 4.69) is 26.1 Å². The summed E-state index contributed by atoms with van der Waals surface area (Å²) in [4.78, 5) is 0. The summed E-state index contributed by atoms with van der Waals surface area (Å²) in [5.41, 5.74) is 0.682. The molecular weight excluding hydrogens is 210 g/mol. The van der Waals surface area contributed by atoms with Gasteiger partial charge in [0.2, 0.25) is 0 Å². The molecule has 0 amide bonds. The highest BCUT2D eigenvalue weighted by molar-refractivity contribution is 4.99. The first-order valence-electron chi connectivity index (χ1n) is 7.45. The summed E-state index contributed by atoms with van der Waals surface area (Å²) in [7, 11) is 0. The molecule has 17 heavy (non-hydrogen) atoms. The van der Waals surface area contributed by atoms with Crippen LogP contribution in [0.3, 0.4) is 0 Å². The second-order valence-electron chi connectivity index (χ2n) is 6.68. The van der Waals surface area contributed by atoms with Gasteiger partial charge in [-0.15, -0.1) is 0 Å². The molecule has 2 nitrogen and oxygen atoms in total. The van der Waals surface area contributed by atoms with Crippen molar-refractivity contribution in [1.29, 1.82) is 0 Å². The summed E-state index contributed by atoms with van der Waals surface area (Å²) < 4.78 is 6.18. The molecule has 1 saturated heterocycles. The molecule has 2 aliphatic rings. The third-order valence-corrected chi connectivity index (χ3v) is 5.03. The minimum absolute atomic E-state index is 0.196. The Balaban J connectivity index is 1.93. The molecule has 2 heteroatoms. The molecule has 1 aliphatic carbocycles. The Morgan fingerprint density at radius 3 is 2.65 bits per heavy atom. The Labute approximate surface area is 107 Å². The third-order valence-electron chi connectivity index (χ3n) is 5.03. The van der Waals surface area contributed by atoms with Gasteiger partial charge in [0.25, 0.3) is 0 Å². The SMILES string of the molecule is CCC(C)(C)CCC1NCCOC12CCCC2. The number of hydrogen-bond acceptors (Lipinski definition) is 2. The Morgan fingerprint density at radius 1 is 1.29 bits per heavy atom. The van der Waals surface area contributed by atoms with Gasteiger partial charge in [0.05, 0.1) is 12.2 Å². The van der Waals surface area contributed by atoms with Gasteiger partial charge >= 0.3 is 0 Å². The van der Waals surface area contributed by atoms with E-state index in [0.717, 1.165) is 13.2 Å². The van der Waals surface area contributed by atoms with Gasteiger partial charge in [-0.25, -0.2) is 0 Å². The summed E-state index contributed by atoms with van der Waals surface area (Å²) in [5.74, 6) is 0. The van der Waals surface area contributed by atoms with E-state index in [1.807, 2.05) is 0 Å². The molecule has 1 unspecified atom stereocenters. The van der Waals surface area contributed by atoms with E-state index in [9.17, 15) is 0 Å². The van der Waals surface area contributed by atoms with Crippen LogP contribution in [0.25, 0.3) is 0 Å². The van der Waals surface area contributed by atoms with Crippen LogP contribution in [-0.2, 0) is 4.74 Å². The lowest BCUT2D eigenvalue weighted by Crippen LogP contribution is -2.56. The van der Waals surface area contributed by atoms with E-state index in [1.54, 1.807) is 0 Å². The van der Waals surface area contributed by atoms with Crippen molar-refractivity contribution in [3.63, 3.8) is 0 Å². The van der Waals surface area contributed by atoms with Gasteiger partial charge in [-0.3, -0.25) is 0 Å². The molecule has 1 heterocycles. The molecule has 2 rings (SSSR count). The molecule has 0 radical (unpaired) electrons. The fourth-order valence-electron chi connectivity index (χ4n) is 3.32. The molecule has 100 valence electrons. The van der Waals surface area contributed by atoms with Gasteiger partial charge in [-0.05, 0) is 31.1 Å². The molecule has 1 atom stereocenters. The molecule has 0 aromatic heterocycles. The minimum atomic E-state index is 0.196. The lowest BCUT2D eigenvalue weighted by molar-refractivity contribution is -0.0955. The van der Waals surface area contributed by atoms with Crippen LogP contribution in [0.5, 0.6) is 0 Å². The molecule has 0 aromatic carbocycles. The van der Waals surface area contributed by atoms with Gasteiger partial charge in [-0.1, -0.05) is 40.0 Å². The largest absolute Gasteiger partial charge is 0.372 e. The Morgan fingerprint density at radius 2 is 2.00 bits per heavy atom. The second-order valence-corrected chi connectivity index (χ2v) is 6.68. The maximum Gasteiger partial charge on any atom is 0.0835 e. The van der Waals surface area contributed by atoms with E-state index in [1.165, 1.54) is 44.9 Å². The smallest absolute Gasteiger partial charge is 0.0835 e. The quantitative estimate of drug-likeness (QED) is 0.810. The number of hydrogen-bond donors (Lipinski definition) is 1. The number of morpholine rings is 1. The minimum Gasteiger partial charge on any atom is -0.372 e. The van der Waals surface area contributed by atoms with E-state index in [-0.39, 0.29) is 5.60 Å². The van der Waals surface area contributed by atoms with Crippen LogP contribution in [0.1, 0.15) is 65.7 Å². The molecule has 1 spiro atoms. The fourth-order valence-corrected chi connectivity index (χ4v) is 3.32. The Hall–Kier alpha value is -0.0800. The van der Waals surface area contributed by atoms with Crippen molar-refractivity contribution in [3.8, 4) is 0 Å². The van der Waals surface area contributed by atoms with Crippen LogP contribution in [0.2, 0.25) is 0 Å². The standard InChI is InChI=1S/C15H29NO/c1-4-14(2,3)10-7-13-15(8-5-6-9-15)17-12-11-16-13/h13,16H,4-12H2,1-3H3. The highest BCUT2D eigenvalue weighted by Gasteiger charge is 2.44. The van der Waals surface area contributed by atoms with Crippen LogP contribution in [0, 0.1) is 5.41 Å². The van der Waals surface area contributed by atoms with Crippen LogP contribution in [0.15, 0.2) is 0 Å². The zero-order valence-electron chi connectivity index (χ0n) is 11.8. The van der Waals surface area contributed by atoms with Gasteiger partial charge in [0.1, 0.15) is 0 Å². The lowest BCUT2D eigenvalue weighted by atomic mass is 9.79. The van der Waals surface area contributed by atoms with Crippen molar-refractivity contribution in [2.24, 2.45) is 5.41 Å². The zero-order chi connectivity index (χ0) is 12.4. The summed E-state index contributed by atoms with van der Waals surface area (Å²) in [6, 6.07) is 0.601. The molecule has 0 bridgehead atoms. The van der Waals surface area contributed by atoms with Crippen LogP contribution in [0.4, 0.5) is 0 Å². The topological polar surface area (TPSA) is 21.3 Å². The van der Waals surface area contributed by atoms with Crippen molar-refractivity contribution in [2.45, 2.75) is 77.4 Å². The predicted octanol–water partition coefficient (Wildman–Crippen LogP) is 3.50. The van der Waals surface area contributed by atoms with Gasteiger partial charge < -0.3 is 10.1 Å². The number of ether oxygens (including phenoxy) is 1. The first kappa shape index (κ1) is 13.4. The van der Waals surface area contributed by atoms with Crippen molar-refractivity contribution in [3.05, 3.63) is 0 Å². The molecule has 1 saturated carbocycles. The van der Waals surface area contributed by atoms with E-state index in [0.29, 0.717) is 11.5 Å². The van der Waals surface area contributed by atoms with Crippen molar-refractivity contribution in [1.82, 2.24) is 5.32 Å². The molecular formula is C15H29NO. The number of rotatable bonds is 4. The Bertz CT molecular complexity index is 243. The monoisotopic (exact) mass is 239 g/mol. The maximum atomic E-state index is 6.18. The predicted molar refractivity (Wildman–Crippen MR) is 72.2 cm³/mol. The zero-order valence-corrected chi connectivity index (χ0v) is 11.8. The summed E-state index contributed by atoms with van der Waals surface area (Å²) in [6.45, 7) is 9.03. The average Bonchev–Trinajstić information content (AvgIpc) is 2.77. The van der Waals surface area contributed by atoms with Crippen LogP contribution >= 0.6 is 0 Å². The molecule has 2 fully saturated rings. The van der Waals surface area contributed by atoms with Crippen LogP contribution in [-0.4, -0.2) is 24.8 Å². The summed E-state index contributed by atoms with van der Waals surface area (Å²) in [6.07, 6.45) is 9.12. The van der Waals surface area contributed by atoms with E-state index >= 15 is 0 Å². The van der Waals surface area contributed by atoms with Gasteiger partial charge in [0.15, 0.2) is 0 Å². The van der Waals surface area contributed by atoms with Gasteiger partial charge in [-0.2, -0.15) is 0 Å². The van der Waals surface area contributed by atoms with Crippen molar-refractivity contribution < 1.29 is 4.74 Å². The van der Waals surface area contributed by atoms with Gasteiger partial charge in [0, 0.05) is 12.6 Å². The first-order chi connectivity index (χ1) is 8.08. The van der Waals surface area contributed by atoms with Crippen molar-refractivity contribution in [2.75, 3.05) is 13.2 Å². The van der Waals surface area contributed by atoms with Crippen molar-refractivity contribution >= 4 is 0 Å². The number of nitrogens with one attached hydrogen (secondary N) is 1. The molecule has 0 aromatic rings. The third kappa shape index (κ3) is 3.03.